The van der Waals surface area contributed by atoms with Gasteiger partial charge in [0.15, 0.2) is 0 Å². The number of ketones is 1. The average molecular weight is 388 g/mol. The van der Waals surface area contributed by atoms with Crippen LogP contribution in [0.1, 0.15) is 18.9 Å². The fourth-order valence-electron chi connectivity index (χ4n) is 4.71. The van der Waals surface area contributed by atoms with Crippen molar-refractivity contribution in [3.63, 3.8) is 0 Å². The van der Waals surface area contributed by atoms with Gasteiger partial charge in [0.2, 0.25) is 0 Å². The minimum atomic E-state index is -0.997. The average Bonchev–Trinajstić information content (AvgIpc) is 2.97. The second-order valence-corrected chi connectivity index (χ2v) is 7.87. The van der Waals surface area contributed by atoms with E-state index < -0.39 is 11.4 Å². The first-order valence-corrected chi connectivity index (χ1v) is 10.0. The highest BCUT2D eigenvalue weighted by Crippen LogP contribution is 2.42. The van der Waals surface area contributed by atoms with E-state index in [0.717, 1.165) is 13.0 Å². The van der Waals surface area contributed by atoms with Gasteiger partial charge in [0, 0.05) is 31.2 Å². The van der Waals surface area contributed by atoms with E-state index in [4.69, 9.17) is 0 Å². The lowest BCUT2D eigenvalue weighted by Crippen LogP contribution is -2.62. The summed E-state index contributed by atoms with van der Waals surface area (Å²) in [5, 5.41) is 0. The summed E-state index contributed by atoms with van der Waals surface area (Å²) in [6.45, 7) is 4.32. The molecule has 0 bridgehead atoms. The summed E-state index contributed by atoms with van der Waals surface area (Å²) in [5.41, 5.74) is 9.93. The number of carbonyl (C=O) groups is 2. The molecule has 2 aliphatic heterocycles. The summed E-state index contributed by atoms with van der Waals surface area (Å²) in [5.74, 6) is -0.986. The minimum Gasteiger partial charge on any atom is -0.360 e. The quantitative estimate of drug-likeness (QED) is 0.597. The van der Waals surface area contributed by atoms with E-state index in [9.17, 15) is 15.1 Å². The number of rotatable bonds is 4. The molecule has 2 atom stereocenters. The number of hydrogen-bond acceptors (Lipinski definition) is 3. The number of piperidine rings is 1. The zero-order chi connectivity index (χ0) is 20.4. The maximum Gasteiger partial charge on any atom is 0.424 e. The van der Waals surface area contributed by atoms with Crippen LogP contribution in [0.2, 0.25) is 0 Å². The summed E-state index contributed by atoms with van der Waals surface area (Å²) in [6.07, 6.45) is 1.46. The molecule has 0 aromatic heterocycles. The number of benzene rings is 2. The molecular weight excluding hydrogens is 364 g/mol. The van der Waals surface area contributed by atoms with Crippen LogP contribution in [0.25, 0.3) is 5.53 Å². The number of Topliss-reactive ketones (excluding diaryl/α,β-unsaturated/α-hetero) is 1. The van der Waals surface area contributed by atoms with Crippen molar-refractivity contribution in [1.29, 1.82) is 0 Å². The Morgan fingerprint density at radius 1 is 1.07 bits per heavy atom. The van der Waals surface area contributed by atoms with E-state index in [2.05, 4.69) is 21.8 Å². The monoisotopic (exact) mass is 388 g/mol. The molecule has 4 rings (SSSR count). The molecule has 2 aromatic rings. The molecule has 0 unspecified atom stereocenters. The standard InChI is InChI=1S/C23H24N4O2/c1-17-16-26(14-12-18-8-4-2-5-9-18)15-13-23(17)21(28)20(25-24)22(29)27(23)19-10-6-3-7-11-19/h2-11,17H,12-16H2,1H3/t17-,23+/m1/s1. The van der Waals surface area contributed by atoms with Crippen molar-refractivity contribution in [1.82, 2.24) is 4.90 Å². The first-order chi connectivity index (χ1) is 14.1. The molecular formula is C23H24N4O2. The Labute approximate surface area is 170 Å². The molecule has 2 saturated heterocycles. The highest BCUT2D eigenvalue weighted by atomic mass is 16.2. The first kappa shape index (κ1) is 19.2. The molecule has 29 heavy (non-hydrogen) atoms. The summed E-state index contributed by atoms with van der Waals surface area (Å²) < 4.78 is 0. The molecule has 148 valence electrons. The highest BCUT2D eigenvalue weighted by Gasteiger charge is 2.65. The Bertz CT molecular complexity index is 969. The zero-order valence-electron chi connectivity index (χ0n) is 16.5. The van der Waals surface area contributed by atoms with Crippen molar-refractivity contribution < 1.29 is 14.4 Å². The van der Waals surface area contributed by atoms with Gasteiger partial charge in [0.25, 0.3) is 5.78 Å². The molecule has 2 aliphatic rings. The van der Waals surface area contributed by atoms with Crippen molar-refractivity contribution in [3.8, 4) is 0 Å². The van der Waals surface area contributed by atoms with Gasteiger partial charge in [0.1, 0.15) is 5.54 Å². The third kappa shape index (κ3) is 3.20. The predicted molar refractivity (Wildman–Crippen MR) is 111 cm³/mol. The second kappa shape index (κ2) is 7.74. The smallest absolute Gasteiger partial charge is 0.360 e. The van der Waals surface area contributed by atoms with E-state index in [-0.39, 0.29) is 17.4 Å². The molecule has 1 spiro atoms. The van der Waals surface area contributed by atoms with Gasteiger partial charge >= 0.3 is 11.6 Å². The molecule has 2 aromatic carbocycles. The molecule has 0 radical (unpaired) electrons. The molecule has 0 saturated carbocycles. The van der Waals surface area contributed by atoms with Crippen LogP contribution >= 0.6 is 0 Å². The van der Waals surface area contributed by atoms with E-state index in [1.807, 2.05) is 55.5 Å². The van der Waals surface area contributed by atoms with Gasteiger partial charge in [-0.2, -0.15) is 4.79 Å². The first-order valence-electron chi connectivity index (χ1n) is 10.0. The Morgan fingerprint density at radius 2 is 1.72 bits per heavy atom. The van der Waals surface area contributed by atoms with Gasteiger partial charge in [-0.05, 0) is 30.5 Å². The van der Waals surface area contributed by atoms with Crippen LogP contribution in [0.5, 0.6) is 0 Å². The lowest BCUT2D eigenvalue weighted by molar-refractivity contribution is -0.123. The number of amides is 1. The van der Waals surface area contributed by atoms with Gasteiger partial charge < -0.3 is 10.4 Å². The second-order valence-electron chi connectivity index (χ2n) is 7.87. The number of likely N-dealkylation sites (tertiary alicyclic amines) is 1. The van der Waals surface area contributed by atoms with Crippen LogP contribution in [0.4, 0.5) is 5.69 Å². The molecule has 6 heteroatoms. The van der Waals surface area contributed by atoms with Crippen molar-refractivity contribution in [2.24, 2.45) is 5.92 Å². The van der Waals surface area contributed by atoms with Crippen molar-refractivity contribution in [2.45, 2.75) is 25.3 Å². The highest BCUT2D eigenvalue weighted by molar-refractivity contribution is 6.72. The fraction of sp³-hybridized carbons (Fsp3) is 0.348. The SMILES string of the molecule is C[C@@H]1CN(CCc2ccccc2)CC[C@@]12C(=O)C(=[N+]=[N-])C(=O)N2c1ccccc1. The summed E-state index contributed by atoms with van der Waals surface area (Å²) in [7, 11) is 0. The van der Waals surface area contributed by atoms with Crippen LogP contribution < -0.4 is 4.90 Å². The van der Waals surface area contributed by atoms with Gasteiger partial charge in [-0.3, -0.25) is 14.5 Å². The van der Waals surface area contributed by atoms with Crippen LogP contribution in [-0.2, 0) is 16.0 Å². The molecule has 6 nitrogen and oxygen atoms in total. The molecule has 2 heterocycles. The van der Waals surface area contributed by atoms with Gasteiger partial charge in [0.05, 0.1) is 0 Å². The maximum absolute atomic E-state index is 13.2. The van der Waals surface area contributed by atoms with Crippen molar-refractivity contribution in [2.75, 3.05) is 24.5 Å². The lowest BCUT2D eigenvalue weighted by Gasteiger charge is -2.47. The molecule has 0 aliphatic carbocycles. The number of para-hydroxylation sites is 1. The molecule has 2 fully saturated rings. The fourth-order valence-corrected chi connectivity index (χ4v) is 4.71. The summed E-state index contributed by atoms with van der Waals surface area (Å²) in [4.78, 5) is 33.2. The van der Waals surface area contributed by atoms with Gasteiger partial charge in [-0.25, -0.2) is 0 Å². The van der Waals surface area contributed by atoms with Crippen LogP contribution in [0, 0.1) is 5.92 Å². The predicted octanol–water partition coefficient (Wildman–Crippen LogP) is 2.60. The van der Waals surface area contributed by atoms with Crippen LogP contribution in [0.3, 0.4) is 0 Å². The number of carbonyl (C=O) groups excluding carboxylic acids is 2. The topological polar surface area (TPSA) is 77.0 Å². The van der Waals surface area contributed by atoms with Crippen molar-refractivity contribution in [3.05, 3.63) is 71.8 Å². The third-order valence-electron chi connectivity index (χ3n) is 6.24. The summed E-state index contributed by atoms with van der Waals surface area (Å²) >= 11 is 0. The Hall–Kier alpha value is -3.08. The van der Waals surface area contributed by atoms with Crippen molar-refractivity contribution >= 4 is 23.1 Å². The lowest BCUT2D eigenvalue weighted by atomic mass is 9.75. The molecule has 0 N–H and O–H groups in total. The number of anilines is 1. The largest absolute Gasteiger partial charge is 0.424 e. The van der Waals surface area contributed by atoms with E-state index in [1.54, 1.807) is 4.90 Å². The normalized spacial score (nSPS) is 24.9. The van der Waals surface area contributed by atoms with Gasteiger partial charge in [-0.1, -0.05) is 55.5 Å². The van der Waals surface area contributed by atoms with Gasteiger partial charge in [-0.15, -0.1) is 0 Å². The van der Waals surface area contributed by atoms with Crippen LogP contribution in [-0.4, -0.2) is 52.3 Å². The third-order valence-corrected chi connectivity index (χ3v) is 6.24. The van der Waals surface area contributed by atoms with E-state index in [1.165, 1.54) is 5.56 Å². The van der Waals surface area contributed by atoms with E-state index >= 15 is 0 Å². The maximum atomic E-state index is 13.2. The Morgan fingerprint density at radius 3 is 2.34 bits per heavy atom. The number of nitrogens with zero attached hydrogens (tertiary/aromatic N) is 4. The molecule has 1 amide bonds. The Balaban J connectivity index is 1.59. The zero-order valence-corrected chi connectivity index (χ0v) is 16.5. The van der Waals surface area contributed by atoms with Crippen LogP contribution in [0.15, 0.2) is 60.7 Å². The minimum absolute atomic E-state index is 0.0945. The Kier molecular flexibility index (Phi) is 5.14. The summed E-state index contributed by atoms with van der Waals surface area (Å²) in [6, 6.07) is 19.5. The van der Waals surface area contributed by atoms with E-state index in [0.29, 0.717) is 25.2 Å². The number of hydrogen-bond donors (Lipinski definition) is 0.